The number of carbonyl (C=O) groups is 1. The van der Waals surface area contributed by atoms with Gasteiger partial charge in [-0.1, -0.05) is 31.2 Å². The van der Waals surface area contributed by atoms with Crippen molar-refractivity contribution >= 4 is 22.5 Å². The second-order valence-electron chi connectivity index (χ2n) is 4.38. The molecule has 2 aromatic rings. The summed E-state index contributed by atoms with van der Waals surface area (Å²) in [7, 11) is 0. The van der Waals surface area contributed by atoms with Crippen LogP contribution < -0.4 is 10.6 Å². The zero-order chi connectivity index (χ0) is 13.7. The molecular formula is C14H18N4O. The highest BCUT2D eigenvalue weighted by Crippen LogP contribution is 2.21. The topological polar surface area (TPSA) is 66.9 Å². The lowest BCUT2D eigenvalue weighted by atomic mass is 10.1. The van der Waals surface area contributed by atoms with Crippen LogP contribution in [0.5, 0.6) is 0 Å². The van der Waals surface area contributed by atoms with Crippen LogP contribution in [-0.2, 0) is 4.79 Å². The van der Waals surface area contributed by atoms with Crippen LogP contribution in [0, 0.1) is 6.92 Å². The Bertz CT molecular complexity index is 583. The molecule has 0 aliphatic heterocycles. The summed E-state index contributed by atoms with van der Waals surface area (Å²) in [6, 6.07) is 7.89. The zero-order valence-corrected chi connectivity index (χ0v) is 11.2. The van der Waals surface area contributed by atoms with Crippen molar-refractivity contribution in [1.29, 1.82) is 0 Å². The molecule has 5 nitrogen and oxygen atoms in total. The van der Waals surface area contributed by atoms with Crippen molar-refractivity contribution in [2.75, 3.05) is 18.4 Å². The third kappa shape index (κ3) is 3.19. The molecule has 0 aliphatic rings. The smallest absolute Gasteiger partial charge is 0.239 e. The second kappa shape index (κ2) is 6.13. The quantitative estimate of drug-likeness (QED) is 0.859. The number of benzene rings is 1. The Morgan fingerprint density at radius 1 is 1.21 bits per heavy atom. The molecule has 0 saturated carbocycles. The predicted molar refractivity (Wildman–Crippen MR) is 76.1 cm³/mol. The maximum absolute atomic E-state index is 11.6. The summed E-state index contributed by atoms with van der Waals surface area (Å²) < 4.78 is 0. The first-order valence-corrected chi connectivity index (χ1v) is 6.45. The zero-order valence-electron chi connectivity index (χ0n) is 11.2. The van der Waals surface area contributed by atoms with Gasteiger partial charge in [0.15, 0.2) is 5.82 Å². The predicted octanol–water partition coefficient (Wildman–Crippen LogP) is 1.88. The summed E-state index contributed by atoms with van der Waals surface area (Å²) in [5.74, 6) is 0.612. The Kier molecular flexibility index (Phi) is 4.28. The second-order valence-corrected chi connectivity index (χ2v) is 4.38. The normalized spacial score (nSPS) is 10.4. The molecular weight excluding hydrogens is 240 g/mol. The van der Waals surface area contributed by atoms with Crippen molar-refractivity contribution in [2.24, 2.45) is 0 Å². The minimum atomic E-state index is -0.0340. The van der Waals surface area contributed by atoms with Crippen LogP contribution in [0.1, 0.15) is 19.0 Å². The largest absolute Gasteiger partial charge is 0.359 e. The maximum Gasteiger partial charge on any atom is 0.239 e. The fourth-order valence-corrected chi connectivity index (χ4v) is 1.86. The monoisotopic (exact) mass is 258 g/mol. The van der Waals surface area contributed by atoms with E-state index in [1.54, 1.807) is 0 Å². The molecule has 1 aromatic heterocycles. The number of aryl methyl sites for hydroxylation is 1. The lowest BCUT2D eigenvalue weighted by Crippen LogP contribution is -2.30. The SMILES string of the molecule is CCCNC(=O)CNc1nnc(C)c2ccccc12. The van der Waals surface area contributed by atoms with Crippen molar-refractivity contribution in [3.63, 3.8) is 0 Å². The summed E-state index contributed by atoms with van der Waals surface area (Å²) in [5, 5.41) is 16.1. The lowest BCUT2D eigenvalue weighted by molar-refractivity contribution is -0.119. The molecule has 2 N–H and O–H groups in total. The summed E-state index contributed by atoms with van der Waals surface area (Å²) >= 11 is 0. The van der Waals surface area contributed by atoms with Gasteiger partial charge in [0.05, 0.1) is 12.2 Å². The Morgan fingerprint density at radius 3 is 2.68 bits per heavy atom. The van der Waals surface area contributed by atoms with E-state index in [4.69, 9.17) is 0 Å². The Balaban J connectivity index is 2.13. The average molecular weight is 258 g/mol. The molecule has 0 radical (unpaired) electrons. The minimum Gasteiger partial charge on any atom is -0.359 e. The maximum atomic E-state index is 11.6. The van der Waals surface area contributed by atoms with Crippen LogP contribution in [0.25, 0.3) is 10.8 Å². The number of aromatic nitrogens is 2. The minimum absolute atomic E-state index is 0.0340. The van der Waals surface area contributed by atoms with Crippen molar-refractivity contribution in [3.05, 3.63) is 30.0 Å². The van der Waals surface area contributed by atoms with Crippen LogP contribution in [0.3, 0.4) is 0 Å². The van der Waals surface area contributed by atoms with E-state index in [2.05, 4.69) is 20.8 Å². The molecule has 1 aromatic carbocycles. The van der Waals surface area contributed by atoms with Crippen LogP contribution in [0.4, 0.5) is 5.82 Å². The average Bonchev–Trinajstić information content (AvgIpc) is 2.45. The number of hydrogen-bond acceptors (Lipinski definition) is 4. The highest BCUT2D eigenvalue weighted by atomic mass is 16.1. The number of nitrogens with one attached hydrogen (secondary N) is 2. The van der Waals surface area contributed by atoms with Crippen LogP contribution >= 0.6 is 0 Å². The van der Waals surface area contributed by atoms with Gasteiger partial charge in [0.1, 0.15) is 0 Å². The number of anilines is 1. The van der Waals surface area contributed by atoms with E-state index in [9.17, 15) is 4.79 Å². The standard InChI is InChI=1S/C14H18N4O/c1-3-8-15-13(19)9-16-14-12-7-5-4-6-11(12)10(2)17-18-14/h4-7H,3,8-9H2,1-2H3,(H,15,19)(H,16,18). The van der Waals surface area contributed by atoms with E-state index >= 15 is 0 Å². The van der Waals surface area contributed by atoms with Crippen LogP contribution in [-0.4, -0.2) is 29.2 Å². The molecule has 1 amide bonds. The fraction of sp³-hybridized carbons (Fsp3) is 0.357. The number of rotatable bonds is 5. The van der Waals surface area contributed by atoms with Gasteiger partial charge in [-0.15, -0.1) is 5.10 Å². The van der Waals surface area contributed by atoms with Gasteiger partial charge in [-0.05, 0) is 13.3 Å². The lowest BCUT2D eigenvalue weighted by Gasteiger charge is -2.09. The first-order chi connectivity index (χ1) is 9.22. The highest BCUT2D eigenvalue weighted by Gasteiger charge is 2.07. The Labute approximate surface area is 112 Å². The molecule has 2 rings (SSSR count). The van der Waals surface area contributed by atoms with E-state index in [1.807, 2.05) is 38.1 Å². The molecule has 0 unspecified atom stereocenters. The number of carbonyl (C=O) groups excluding carboxylic acids is 1. The number of nitrogens with zero attached hydrogens (tertiary/aromatic N) is 2. The fourth-order valence-electron chi connectivity index (χ4n) is 1.86. The Hall–Kier alpha value is -2.17. The van der Waals surface area contributed by atoms with Gasteiger partial charge in [0.2, 0.25) is 5.91 Å². The number of amides is 1. The van der Waals surface area contributed by atoms with Gasteiger partial charge >= 0.3 is 0 Å². The molecule has 0 bridgehead atoms. The van der Waals surface area contributed by atoms with Gasteiger partial charge in [0, 0.05) is 17.3 Å². The van der Waals surface area contributed by atoms with Crippen molar-refractivity contribution < 1.29 is 4.79 Å². The highest BCUT2D eigenvalue weighted by molar-refractivity contribution is 5.94. The van der Waals surface area contributed by atoms with E-state index in [0.717, 1.165) is 22.9 Å². The van der Waals surface area contributed by atoms with Gasteiger partial charge in [0.25, 0.3) is 0 Å². The molecule has 100 valence electrons. The van der Waals surface area contributed by atoms with Crippen LogP contribution in [0.15, 0.2) is 24.3 Å². The molecule has 19 heavy (non-hydrogen) atoms. The third-order valence-electron chi connectivity index (χ3n) is 2.86. The summed E-state index contributed by atoms with van der Waals surface area (Å²) in [4.78, 5) is 11.6. The molecule has 0 saturated heterocycles. The first kappa shape index (κ1) is 13.3. The van der Waals surface area contributed by atoms with Crippen molar-refractivity contribution in [3.8, 4) is 0 Å². The third-order valence-corrected chi connectivity index (χ3v) is 2.86. The van der Waals surface area contributed by atoms with Crippen molar-refractivity contribution in [1.82, 2.24) is 15.5 Å². The molecule has 0 spiro atoms. The van der Waals surface area contributed by atoms with Crippen molar-refractivity contribution in [2.45, 2.75) is 20.3 Å². The number of hydrogen-bond donors (Lipinski definition) is 2. The van der Waals surface area contributed by atoms with Gasteiger partial charge in [-0.3, -0.25) is 4.79 Å². The molecule has 0 aliphatic carbocycles. The molecule has 1 heterocycles. The van der Waals surface area contributed by atoms with E-state index in [1.165, 1.54) is 0 Å². The van der Waals surface area contributed by atoms with E-state index in [-0.39, 0.29) is 12.5 Å². The summed E-state index contributed by atoms with van der Waals surface area (Å²) in [6.07, 6.45) is 0.930. The summed E-state index contributed by atoms with van der Waals surface area (Å²) in [6.45, 7) is 4.85. The van der Waals surface area contributed by atoms with Gasteiger partial charge < -0.3 is 10.6 Å². The summed E-state index contributed by atoms with van der Waals surface area (Å²) in [5.41, 5.74) is 0.886. The Morgan fingerprint density at radius 2 is 1.95 bits per heavy atom. The first-order valence-electron chi connectivity index (χ1n) is 6.45. The van der Waals surface area contributed by atoms with E-state index in [0.29, 0.717) is 12.4 Å². The molecule has 5 heteroatoms. The van der Waals surface area contributed by atoms with Crippen LogP contribution in [0.2, 0.25) is 0 Å². The molecule has 0 fully saturated rings. The van der Waals surface area contributed by atoms with Gasteiger partial charge in [-0.25, -0.2) is 0 Å². The number of fused-ring (bicyclic) bond motifs is 1. The molecule has 0 atom stereocenters. The van der Waals surface area contributed by atoms with Gasteiger partial charge in [-0.2, -0.15) is 5.10 Å². The van der Waals surface area contributed by atoms with E-state index < -0.39 is 0 Å².